The molecule has 1 aliphatic rings. The first-order valence-electron chi connectivity index (χ1n) is 8.49. The maximum atomic E-state index is 11.5. The molecule has 0 aliphatic carbocycles. The lowest BCUT2D eigenvalue weighted by atomic mass is 9.87. The predicted octanol–water partition coefficient (Wildman–Crippen LogP) is 3.53. The third kappa shape index (κ3) is 7.07. The summed E-state index contributed by atoms with van der Waals surface area (Å²) in [5.41, 5.74) is 5.84. The van der Waals surface area contributed by atoms with Gasteiger partial charge in [0.15, 0.2) is 9.84 Å². The Morgan fingerprint density at radius 1 is 1.05 bits per heavy atom. The van der Waals surface area contributed by atoms with Gasteiger partial charge in [0.1, 0.15) is 0 Å². The molecule has 1 aliphatic heterocycles. The zero-order valence-electron chi connectivity index (χ0n) is 13.1. The molecule has 2 N–H and O–H groups in total. The number of rotatable bonds is 11. The highest BCUT2D eigenvalue weighted by atomic mass is 32.2. The Bertz CT molecular complexity index is 340. The van der Waals surface area contributed by atoms with E-state index in [9.17, 15) is 8.42 Å². The van der Waals surface area contributed by atoms with Crippen LogP contribution in [0.2, 0.25) is 0 Å². The fourth-order valence-electron chi connectivity index (χ4n) is 3.28. The second-order valence-electron chi connectivity index (χ2n) is 6.42. The molecule has 2 unspecified atom stereocenters. The van der Waals surface area contributed by atoms with E-state index >= 15 is 0 Å². The van der Waals surface area contributed by atoms with Gasteiger partial charge < -0.3 is 5.73 Å². The van der Waals surface area contributed by atoms with Gasteiger partial charge in [-0.15, -0.1) is 0 Å². The van der Waals surface area contributed by atoms with E-state index in [1.165, 1.54) is 51.4 Å². The van der Waals surface area contributed by atoms with E-state index in [1.54, 1.807) is 0 Å². The summed E-state index contributed by atoms with van der Waals surface area (Å²) in [6, 6.07) is 0. The van der Waals surface area contributed by atoms with E-state index in [2.05, 4.69) is 6.92 Å². The summed E-state index contributed by atoms with van der Waals surface area (Å²) in [7, 11) is -2.75. The summed E-state index contributed by atoms with van der Waals surface area (Å²) >= 11 is 0. The first kappa shape index (κ1) is 18.0. The van der Waals surface area contributed by atoms with Crippen molar-refractivity contribution in [3.05, 3.63) is 0 Å². The summed E-state index contributed by atoms with van der Waals surface area (Å²) in [4.78, 5) is 0. The van der Waals surface area contributed by atoms with Crippen LogP contribution in [0.15, 0.2) is 0 Å². The molecule has 120 valence electrons. The van der Waals surface area contributed by atoms with Crippen molar-refractivity contribution in [2.24, 2.45) is 17.6 Å². The SMILES string of the molecule is CCCCCCCCCCC(CN)C1CCS(=O)(=O)C1. The van der Waals surface area contributed by atoms with Gasteiger partial charge in [0.25, 0.3) is 0 Å². The minimum absolute atomic E-state index is 0.328. The molecule has 20 heavy (non-hydrogen) atoms. The molecule has 1 heterocycles. The van der Waals surface area contributed by atoms with Gasteiger partial charge in [-0.05, 0) is 31.2 Å². The zero-order chi connectivity index (χ0) is 14.8. The molecule has 0 saturated carbocycles. The van der Waals surface area contributed by atoms with E-state index in [4.69, 9.17) is 5.73 Å². The third-order valence-electron chi connectivity index (χ3n) is 4.67. The number of nitrogens with two attached hydrogens (primary N) is 1. The molecule has 0 spiro atoms. The summed E-state index contributed by atoms with van der Waals surface area (Å²) in [5, 5.41) is 0. The molecule has 4 heteroatoms. The van der Waals surface area contributed by atoms with Gasteiger partial charge >= 0.3 is 0 Å². The average molecular weight is 304 g/mol. The Hall–Kier alpha value is -0.0900. The molecule has 0 aromatic carbocycles. The van der Waals surface area contributed by atoms with E-state index in [-0.39, 0.29) is 0 Å². The normalized spacial score (nSPS) is 23.0. The highest BCUT2D eigenvalue weighted by Crippen LogP contribution is 2.29. The maximum absolute atomic E-state index is 11.5. The van der Waals surface area contributed by atoms with E-state index in [0.717, 1.165) is 12.8 Å². The van der Waals surface area contributed by atoms with Gasteiger partial charge in [0.2, 0.25) is 0 Å². The Balaban J connectivity index is 2.07. The van der Waals surface area contributed by atoms with Crippen molar-refractivity contribution in [1.82, 2.24) is 0 Å². The molecule has 1 rings (SSSR count). The third-order valence-corrected chi connectivity index (χ3v) is 6.46. The molecule has 0 aromatic rings. The van der Waals surface area contributed by atoms with Gasteiger partial charge in [-0.25, -0.2) is 8.42 Å². The average Bonchev–Trinajstić information content (AvgIpc) is 2.77. The van der Waals surface area contributed by atoms with Crippen LogP contribution in [0.4, 0.5) is 0 Å². The Morgan fingerprint density at radius 3 is 2.15 bits per heavy atom. The minimum Gasteiger partial charge on any atom is -0.330 e. The summed E-state index contributed by atoms with van der Waals surface area (Å²) in [6.07, 6.45) is 12.5. The van der Waals surface area contributed by atoms with Crippen molar-refractivity contribution in [3.63, 3.8) is 0 Å². The van der Waals surface area contributed by atoms with Gasteiger partial charge in [-0.3, -0.25) is 0 Å². The van der Waals surface area contributed by atoms with Gasteiger partial charge in [0.05, 0.1) is 11.5 Å². The highest BCUT2D eigenvalue weighted by molar-refractivity contribution is 7.91. The van der Waals surface area contributed by atoms with Crippen LogP contribution in [-0.2, 0) is 9.84 Å². The number of unbranched alkanes of at least 4 members (excludes halogenated alkanes) is 7. The quantitative estimate of drug-likeness (QED) is 0.594. The fourth-order valence-corrected chi connectivity index (χ4v) is 5.20. The van der Waals surface area contributed by atoms with Gasteiger partial charge in [-0.2, -0.15) is 0 Å². The van der Waals surface area contributed by atoms with Crippen LogP contribution in [0, 0.1) is 11.8 Å². The second kappa shape index (κ2) is 9.78. The molecular formula is C16H33NO2S. The summed E-state index contributed by atoms with van der Waals surface area (Å²) in [6.45, 7) is 2.90. The smallest absolute Gasteiger partial charge is 0.150 e. The van der Waals surface area contributed by atoms with Crippen LogP contribution in [0.5, 0.6) is 0 Å². The number of hydrogen-bond donors (Lipinski definition) is 1. The molecular weight excluding hydrogens is 270 g/mol. The van der Waals surface area contributed by atoms with Gasteiger partial charge in [-0.1, -0.05) is 58.3 Å². The number of hydrogen-bond acceptors (Lipinski definition) is 3. The molecule has 2 atom stereocenters. The van der Waals surface area contributed by atoms with Crippen molar-refractivity contribution in [3.8, 4) is 0 Å². The Kier molecular flexibility index (Phi) is 8.78. The lowest BCUT2D eigenvalue weighted by Gasteiger charge is -2.20. The molecule has 0 amide bonds. The van der Waals surface area contributed by atoms with E-state index in [1.807, 2.05) is 0 Å². The van der Waals surface area contributed by atoms with E-state index < -0.39 is 9.84 Å². The lowest BCUT2D eigenvalue weighted by molar-refractivity contribution is 0.337. The summed E-state index contributed by atoms with van der Waals surface area (Å²) in [5.74, 6) is 1.51. The first-order chi connectivity index (χ1) is 9.59. The molecule has 0 radical (unpaired) electrons. The Labute approximate surface area is 125 Å². The second-order valence-corrected chi connectivity index (χ2v) is 8.65. The molecule has 1 fully saturated rings. The molecule has 0 aromatic heterocycles. The standard InChI is InChI=1S/C16H33NO2S/c1-2-3-4-5-6-7-8-9-10-15(13-17)16-11-12-20(18,19)14-16/h15-16H,2-14,17H2,1H3. The van der Waals surface area contributed by atoms with Crippen LogP contribution in [-0.4, -0.2) is 26.5 Å². The monoisotopic (exact) mass is 303 g/mol. The van der Waals surface area contributed by atoms with Crippen molar-refractivity contribution < 1.29 is 8.42 Å². The fraction of sp³-hybridized carbons (Fsp3) is 1.00. The largest absolute Gasteiger partial charge is 0.330 e. The minimum atomic E-state index is -2.75. The van der Waals surface area contributed by atoms with E-state index in [0.29, 0.717) is 29.9 Å². The van der Waals surface area contributed by atoms with Crippen molar-refractivity contribution in [2.75, 3.05) is 18.1 Å². The van der Waals surface area contributed by atoms with Crippen molar-refractivity contribution in [2.45, 2.75) is 71.1 Å². The maximum Gasteiger partial charge on any atom is 0.150 e. The van der Waals surface area contributed by atoms with Crippen LogP contribution in [0.3, 0.4) is 0 Å². The van der Waals surface area contributed by atoms with Crippen LogP contribution in [0.1, 0.15) is 71.1 Å². The van der Waals surface area contributed by atoms with Crippen LogP contribution < -0.4 is 5.73 Å². The van der Waals surface area contributed by atoms with Gasteiger partial charge in [0, 0.05) is 0 Å². The predicted molar refractivity (Wildman–Crippen MR) is 86.5 cm³/mol. The van der Waals surface area contributed by atoms with Crippen molar-refractivity contribution >= 4 is 9.84 Å². The molecule has 3 nitrogen and oxygen atoms in total. The molecule has 1 saturated heterocycles. The van der Waals surface area contributed by atoms with Crippen LogP contribution >= 0.6 is 0 Å². The first-order valence-corrected chi connectivity index (χ1v) is 10.3. The lowest BCUT2D eigenvalue weighted by Crippen LogP contribution is -2.24. The van der Waals surface area contributed by atoms with Crippen molar-refractivity contribution in [1.29, 1.82) is 0 Å². The number of sulfone groups is 1. The highest BCUT2D eigenvalue weighted by Gasteiger charge is 2.32. The summed E-state index contributed by atoms with van der Waals surface area (Å²) < 4.78 is 23.0. The Morgan fingerprint density at radius 2 is 1.65 bits per heavy atom. The zero-order valence-corrected chi connectivity index (χ0v) is 14.0. The van der Waals surface area contributed by atoms with Crippen LogP contribution in [0.25, 0.3) is 0 Å². The molecule has 0 bridgehead atoms. The topological polar surface area (TPSA) is 60.2 Å².